The molecule has 1 saturated carbocycles. The monoisotopic (exact) mass is 512 g/mol. The van der Waals surface area contributed by atoms with Crippen LogP contribution in [0.4, 0.5) is 0 Å². The zero-order valence-electron chi connectivity index (χ0n) is 16.7. The lowest BCUT2D eigenvalue weighted by Crippen LogP contribution is -2.46. The molecule has 1 aliphatic carbocycles. The molecule has 1 aliphatic heterocycles. The minimum Gasteiger partial charge on any atom is -0.487 e. The van der Waals surface area contributed by atoms with Crippen LogP contribution in [0, 0.1) is 13.8 Å². The Morgan fingerprint density at radius 2 is 2.04 bits per heavy atom. The van der Waals surface area contributed by atoms with Gasteiger partial charge in [0.05, 0.1) is 23.3 Å². The molecule has 0 bridgehead atoms. The van der Waals surface area contributed by atoms with Gasteiger partial charge in [0.15, 0.2) is 5.96 Å². The van der Waals surface area contributed by atoms with Crippen molar-refractivity contribution in [1.82, 2.24) is 15.6 Å². The third-order valence-corrected chi connectivity index (χ3v) is 6.74. The molecular formula is C21H29IN4OS. The highest BCUT2D eigenvalue weighted by Crippen LogP contribution is 2.46. The van der Waals surface area contributed by atoms with E-state index in [0.29, 0.717) is 0 Å². The lowest BCUT2D eigenvalue weighted by Gasteiger charge is -2.40. The molecule has 1 aromatic carbocycles. The topological polar surface area (TPSA) is 58.5 Å². The number of aromatic nitrogens is 1. The van der Waals surface area contributed by atoms with Crippen molar-refractivity contribution in [2.45, 2.75) is 64.1 Å². The van der Waals surface area contributed by atoms with E-state index in [1.165, 1.54) is 23.3 Å². The third kappa shape index (κ3) is 4.45. The number of nitrogens with one attached hydrogen (secondary N) is 2. The van der Waals surface area contributed by atoms with E-state index in [1.54, 1.807) is 11.3 Å². The molecule has 0 radical (unpaired) electrons. The van der Waals surface area contributed by atoms with Crippen LogP contribution in [0.25, 0.3) is 0 Å². The maximum atomic E-state index is 6.47. The molecule has 1 fully saturated rings. The summed E-state index contributed by atoms with van der Waals surface area (Å²) < 4.78 is 6.47. The second kappa shape index (κ2) is 8.98. The van der Waals surface area contributed by atoms with Crippen LogP contribution in [-0.4, -0.2) is 23.6 Å². The molecule has 7 heteroatoms. The van der Waals surface area contributed by atoms with Crippen molar-refractivity contribution in [3.8, 4) is 5.75 Å². The fourth-order valence-corrected chi connectivity index (χ4v) is 5.21. The van der Waals surface area contributed by atoms with Gasteiger partial charge in [0.2, 0.25) is 0 Å². The summed E-state index contributed by atoms with van der Waals surface area (Å²) in [5, 5.41) is 8.22. The van der Waals surface area contributed by atoms with Crippen LogP contribution >= 0.6 is 35.3 Å². The molecule has 2 aliphatic rings. The molecule has 1 atom stereocenters. The molecule has 2 aromatic rings. The molecule has 4 rings (SSSR count). The van der Waals surface area contributed by atoms with Crippen LogP contribution in [0.1, 0.15) is 59.3 Å². The summed E-state index contributed by atoms with van der Waals surface area (Å²) in [6, 6.07) is 8.62. The van der Waals surface area contributed by atoms with E-state index in [2.05, 4.69) is 51.8 Å². The maximum absolute atomic E-state index is 6.47. The number of benzene rings is 1. The summed E-state index contributed by atoms with van der Waals surface area (Å²) >= 11 is 1.74. The van der Waals surface area contributed by atoms with E-state index >= 15 is 0 Å². The molecule has 2 N–H and O–H groups in total. The first-order chi connectivity index (χ1) is 13.1. The van der Waals surface area contributed by atoms with Crippen LogP contribution in [-0.2, 0) is 6.54 Å². The Labute approximate surface area is 188 Å². The van der Waals surface area contributed by atoms with Crippen molar-refractivity contribution in [3.05, 3.63) is 45.4 Å². The lowest BCUT2D eigenvalue weighted by atomic mass is 9.86. The van der Waals surface area contributed by atoms with Gasteiger partial charge < -0.3 is 15.4 Å². The van der Waals surface area contributed by atoms with Crippen LogP contribution in [0.3, 0.4) is 0 Å². The van der Waals surface area contributed by atoms with Gasteiger partial charge in [0.25, 0.3) is 0 Å². The third-order valence-electron chi connectivity index (χ3n) is 5.66. The van der Waals surface area contributed by atoms with Crippen molar-refractivity contribution < 1.29 is 4.74 Å². The minimum absolute atomic E-state index is 0. The van der Waals surface area contributed by atoms with Gasteiger partial charge in [-0.1, -0.05) is 18.2 Å². The van der Waals surface area contributed by atoms with E-state index in [0.717, 1.165) is 48.2 Å². The van der Waals surface area contributed by atoms with Crippen molar-refractivity contribution in [2.75, 3.05) is 7.05 Å². The Morgan fingerprint density at radius 1 is 1.29 bits per heavy atom. The van der Waals surface area contributed by atoms with E-state index in [4.69, 9.17) is 4.74 Å². The zero-order chi connectivity index (χ0) is 18.9. The molecule has 1 unspecified atom stereocenters. The Balaban J connectivity index is 0.00000225. The van der Waals surface area contributed by atoms with Crippen molar-refractivity contribution in [1.29, 1.82) is 0 Å². The number of fused-ring (bicyclic) bond motifs is 1. The van der Waals surface area contributed by atoms with Gasteiger partial charge in [-0.15, -0.1) is 35.3 Å². The largest absolute Gasteiger partial charge is 0.487 e. The second-order valence-corrected chi connectivity index (χ2v) is 8.89. The molecule has 1 spiro atoms. The normalized spacial score (nSPS) is 20.2. The molecule has 5 nitrogen and oxygen atoms in total. The Morgan fingerprint density at radius 3 is 2.71 bits per heavy atom. The quantitative estimate of drug-likeness (QED) is 0.350. The van der Waals surface area contributed by atoms with Crippen LogP contribution in [0.5, 0.6) is 5.75 Å². The summed E-state index contributed by atoms with van der Waals surface area (Å²) in [6.07, 6.45) is 5.79. The summed E-state index contributed by atoms with van der Waals surface area (Å²) in [5.41, 5.74) is 2.31. The lowest BCUT2D eigenvalue weighted by molar-refractivity contribution is 0.0396. The standard InChI is InChI=1S/C21H28N4OS.HI/c1-14-19(27-15(2)24-14)13-23-20(22-3)25-17-12-21(10-6-7-11-21)26-18-9-5-4-8-16(17)18;/h4-5,8-9,17H,6-7,10-13H2,1-3H3,(H2,22,23,25);1H. The number of hydrogen-bond donors (Lipinski definition) is 2. The number of thiazole rings is 1. The maximum Gasteiger partial charge on any atom is 0.191 e. The van der Waals surface area contributed by atoms with Gasteiger partial charge in [-0.25, -0.2) is 4.98 Å². The number of para-hydroxylation sites is 1. The summed E-state index contributed by atoms with van der Waals surface area (Å²) in [4.78, 5) is 10.2. The van der Waals surface area contributed by atoms with Crippen LogP contribution in [0.2, 0.25) is 0 Å². The SMILES string of the molecule is CN=C(NCc1sc(C)nc1C)NC1CC2(CCCC2)Oc2ccccc21.I. The highest BCUT2D eigenvalue weighted by atomic mass is 127. The molecule has 1 aromatic heterocycles. The highest BCUT2D eigenvalue weighted by molar-refractivity contribution is 14.0. The van der Waals surface area contributed by atoms with Crippen LogP contribution in [0.15, 0.2) is 29.3 Å². The van der Waals surface area contributed by atoms with Gasteiger partial charge >= 0.3 is 0 Å². The average molecular weight is 512 g/mol. The number of ether oxygens (including phenoxy) is 1. The highest BCUT2D eigenvalue weighted by Gasteiger charge is 2.43. The first-order valence-electron chi connectivity index (χ1n) is 9.77. The predicted molar refractivity (Wildman–Crippen MR) is 126 cm³/mol. The first kappa shape index (κ1) is 21.4. The Kier molecular flexibility index (Phi) is 6.85. The summed E-state index contributed by atoms with van der Waals surface area (Å²) in [5.74, 6) is 1.85. The number of rotatable bonds is 3. The molecule has 28 heavy (non-hydrogen) atoms. The van der Waals surface area contributed by atoms with Gasteiger partial charge in [-0.2, -0.15) is 0 Å². The van der Waals surface area contributed by atoms with Gasteiger partial charge in [0, 0.05) is 23.9 Å². The number of halogens is 1. The van der Waals surface area contributed by atoms with E-state index in [-0.39, 0.29) is 35.6 Å². The van der Waals surface area contributed by atoms with E-state index in [1.807, 2.05) is 14.0 Å². The Hall–Kier alpha value is -1.35. The number of hydrogen-bond acceptors (Lipinski definition) is 4. The predicted octanol–water partition coefficient (Wildman–Crippen LogP) is 4.88. The first-order valence-corrected chi connectivity index (χ1v) is 10.6. The average Bonchev–Trinajstić information content (AvgIpc) is 3.24. The number of nitrogens with zero attached hydrogens (tertiary/aromatic N) is 2. The summed E-state index contributed by atoms with van der Waals surface area (Å²) in [7, 11) is 1.83. The van der Waals surface area contributed by atoms with Crippen LogP contribution < -0.4 is 15.4 Å². The smallest absolute Gasteiger partial charge is 0.191 e. The Bertz CT molecular complexity index is 845. The van der Waals surface area contributed by atoms with Gasteiger partial charge in [-0.05, 0) is 45.6 Å². The minimum atomic E-state index is -0.0176. The van der Waals surface area contributed by atoms with Crippen molar-refractivity contribution in [2.24, 2.45) is 4.99 Å². The molecule has 152 valence electrons. The summed E-state index contributed by atoms with van der Waals surface area (Å²) in [6.45, 7) is 4.86. The molecular weight excluding hydrogens is 483 g/mol. The van der Waals surface area contributed by atoms with Crippen molar-refractivity contribution >= 4 is 41.3 Å². The fourth-order valence-electron chi connectivity index (χ4n) is 4.33. The number of guanidine groups is 1. The van der Waals surface area contributed by atoms with E-state index < -0.39 is 0 Å². The fraction of sp³-hybridized carbons (Fsp3) is 0.524. The van der Waals surface area contributed by atoms with Gasteiger partial charge in [-0.3, -0.25) is 4.99 Å². The zero-order valence-corrected chi connectivity index (χ0v) is 19.9. The molecule has 0 amide bonds. The van der Waals surface area contributed by atoms with Gasteiger partial charge in [0.1, 0.15) is 11.4 Å². The number of aryl methyl sites for hydroxylation is 2. The van der Waals surface area contributed by atoms with Crippen molar-refractivity contribution in [3.63, 3.8) is 0 Å². The molecule has 0 saturated heterocycles. The second-order valence-electron chi connectivity index (χ2n) is 7.60. The van der Waals surface area contributed by atoms with E-state index in [9.17, 15) is 0 Å². The number of aliphatic imine (C=N–C) groups is 1. The molecule has 2 heterocycles.